The Balaban J connectivity index is 1.94. The maximum absolute atomic E-state index is 12.6. The van der Waals surface area contributed by atoms with Gasteiger partial charge in [-0.15, -0.1) is 0 Å². The highest BCUT2D eigenvalue weighted by Crippen LogP contribution is 2.39. The van der Waals surface area contributed by atoms with E-state index in [0.29, 0.717) is 17.9 Å². The smallest absolute Gasteiger partial charge is 0.416 e. The zero-order chi connectivity index (χ0) is 17.7. The number of halogens is 5. The summed E-state index contributed by atoms with van der Waals surface area (Å²) in [5.74, 6) is -0.285. The number of para-hydroxylation sites is 1. The van der Waals surface area contributed by atoms with Gasteiger partial charge in [-0.3, -0.25) is 4.79 Å². The highest BCUT2D eigenvalue weighted by atomic mass is 35.5. The van der Waals surface area contributed by atoms with Crippen LogP contribution in [-0.2, 0) is 11.0 Å². The van der Waals surface area contributed by atoms with E-state index >= 15 is 0 Å². The fraction of sp³-hybridized carbons (Fsp3) is 0.188. The molecule has 0 aliphatic carbocycles. The van der Waals surface area contributed by atoms with Crippen LogP contribution in [0.1, 0.15) is 12.0 Å². The Morgan fingerprint density at radius 3 is 2.17 bits per heavy atom. The SMILES string of the molecule is O=C(CCOc1c(Cl)cc(C(F)(F)F)cc1Cl)Oc1ccccc1. The van der Waals surface area contributed by atoms with E-state index in [1.54, 1.807) is 30.3 Å². The molecule has 8 heteroatoms. The maximum Gasteiger partial charge on any atom is 0.416 e. The number of carbonyl (C=O) groups is 1. The molecule has 0 spiro atoms. The fourth-order valence-corrected chi connectivity index (χ4v) is 2.37. The van der Waals surface area contributed by atoms with Crippen LogP contribution < -0.4 is 9.47 Å². The molecule has 0 aromatic heterocycles. The van der Waals surface area contributed by atoms with Gasteiger partial charge in [0.15, 0.2) is 5.75 Å². The minimum absolute atomic E-state index is 0.112. The van der Waals surface area contributed by atoms with Gasteiger partial charge in [0.1, 0.15) is 5.75 Å². The largest absolute Gasteiger partial charge is 0.490 e. The molecule has 2 aromatic rings. The van der Waals surface area contributed by atoms with Gasteiger partial charge in [0.2, 0.25) is 0 Å². The summed E-state index contributed by atoms with van der Waals surface area (Å²) in [6.45, 7) is -0.142. The molecule has 0 unspecified atom stereocenters. The average molecular weight is 379 g/mol. The van der Waals surface area contributed by atoms with Crippen molar-refractivity contribution < 1.29 is 27.4 Å². The number of benzene rings is 2. The normalized spacial score (nSPS) is 11.2. The molecular formula is C16H11Cl2F3O3. The van der Waals surface area contributed by atoms with E-state index in [2.05, 4.69) is 0 Å². The molecule has 0 bridgehead atoms. The van der Waals surface area contributed by atoms with Crippen molar-refractivity contribution in [1.82, 2.24) is 0 Å². The third-order valence-electron chi connectivity index (χ3n) is 2.85. The Hall–Kier alpha value is -1.92. The maximum atomic E-state index is 12.6. The van der Waals surface area contributed by atoms with Gasteiger partial charge in [0.25, 0.3) is 0 Å². The Kier molecular flexibility index (Phi) is 5.96. The van der Waals surface area contributed by atoms with Crippen LogP contribution in [0.2, 0.25) is 10.0 Å². The first kappa shape index (κ1) is 18.4. The van der Waals surface area contributed by atoms with Crippen LogP contribution in [0.25, 0.3) is 0 Å². The van der Waals surface area contributed by atoms with Gasteiger partial charge in [0.05, 0.1) is 28.6 Å². The molecule has 2 rings (SSSR count). The molecule has 0 heterocycles. The molecule has 0 saturated heterocycles. The Bertz CT molecular complexity index is 695. The van der Waals surface area contributed by atoms with Gasteiger partial charge in [-0.1, -0.05) is 41.4 Å². The predicted octanol–water partition coefficient (Wildman–Crippen LogP) is 5.39. The fourth-order valence-electron chi connectivity index (χ4n) is 1.77. The molecule has 0 aliphatic rings. The van der Waals surface area contributed by atoms with Crippen molar-refractivity contribution in [1.29, 1.82) is 0 Å². The van der Waals surface area contributed by atoms with E-state index in [1.807, 2.05) is 0 Å². The van der Waals surface area contributed by atoms with Crippen molar-refractivity contribution in [3.8, 4) is 11.5 Å². The molecule has 2 aromatic carbocycles. The van der Waals surface area contributed by atoms with Crippen LogP contribution in [-0.4, -0.2) is 12.6 Å². The van der Waals surface area contributed by atoms with Crippen LogP contribution in [0.15, 0.2) is 42.5 Å². The summed E-state index contributed by atoms with van der Waals surface area (Å²) in [4.78, 5) is 11.6. The van der Waals surface area contributed by atoms with Gasteiger partial charge in [-0.25, -0.2) is 0 Å². The van der Waals surface area contributed by atoms with E-state index in [1.165, 1.54) is 0 Å². The molecule has 0 radical (unpaired) electrons. The molecule has 0 atom stereocenters. The second-order valence-corrected chi connectivity index (χ2v) is 5.47. The molecule has 24 heavy (non-hydrogen) atoms. The van der Waals surface area contributed by atoms with Gasteiger partial charge in [0, 0.05) is 0 Å². The standard InChI is InChI=1S/C16H11Cl2F3O3/c17-12-8-10(16(19,20)21)9-13(18)15(12)23-7-6-14(22)24-11-4-2-1-3-5-11/h1-5,8-9H,6-7H2. The first-order chi connectivity index (χ1) is 11.3. The first-order valence-corrected chi connectivity index (χ1v) is 7.47. The summed E-state index contributed by atoms with van der Waals surface area (Å²) in [5.41, 5.74) is -0.978. The monoisotopic (exact) mass is 378 g/mol. The summed E-state index contributed by atoms with van der Waals surface area (Å²) < 4.78 is 48.1. The Morgan fingerprint density at radius 2 is 1.62 bits per heavy atom. The summed E-state index contributed by atoms with van der Waals surface area (Å²) in [7, 11) is 0. The number of alkyl halides is 3. The van der Waals surface area contributed by atoms with E-state index in [9.17, 15) is 18.0 Å². The molecular weight excluding hydrogens is 368 g/mol. The number of esters is 1. The molecule has 128 valence electrons. The lowest BCUT2D eigenvalue weighted by Gasteiger charge is -2.13. The number of hydrogen-bond acceptors (Lipinski definition) is 3. The van der Waals surface area contributed by atoms with Gasteiger partial charge >= 0.3 is 12.1 Å². The zero-order valence-corrected chi connectivity index (χ0v) is 13.6. The lowest BCUT2D eigenvalue weighted by molar-refractivity contribution is -0.137. The first-order valence-electron chi connectivity index (χ1n) is 6.72. The molecule has 0 saturated carbocycles. The molecule has 0 aliphatic heterocycles. The minimum Gasteiger partial charge on any atom is -0.490 e. The van der Waals surface area contributed by atoms with Gasteiger partial charge in [-0.05, 0) is 24.3 Å². The summed E-state index contributed by atoms with van der Waals surface area (Å²) >= 11 is 11.5. The predicted molar refractivity (Wildman–Crippen MR) is 83.7 cm³/mol. The van der Waals surface area contributed by atoms with E-state index in [4.69, 9.17) is 32.7 Å². The van der Waals surface area contributed by atoms with E-state index in [0.717, 1.165) is 0 Å². The lowest BCUT2D eigenvalue weighted by atomic mass is 10.2. The number of rotatable bonds is 5. The van der Waals surface area contributed by atoms with E-state index < -0.39 is 17.7 Å². The van der Waals surface area contributed by atoms with Crippen LogP contribution in [0.4, 0.5) is 13.2 Å². The average Bonchev–Trinajstić information content (AvgIpc) is 2.50. The van der Waals surface area contributed by atoms with Crippen LogP contribution >= 0.6 is 23.2 Å². The third-order valence-corrected chi connectivity index (χ3v) is 3.41. The number of carbonyl (C=O) groups excluding carboxylic acids is 1. The van der Waals surface area contributed by atoms with Crippen molar-refractivity contribution in [2.24, 2.45) is 0 Å². The van der Waals surface area contributed by atoms with Crippen LogP contribution in [0.3, 0.4) is 0 Å². The molecule has 0 fully saturated rings. The number of ether oxygens (including phenoxy) is 2. The lowest BCUT2D eigenvalue weighted by Crippen LogP contribution is -2.13. The molecule has 3 nitrogen and oxygen atoms in total. The Morgan fingerprint density at radius 1 is 1.04 bits per heavy atom. The van der Waals surface area contributed by atoms with Crippen molar-refractivity contribution >= 4 is 29.2 Å². The summed E-state index contributed by atoms with van der Waals surface area (Å²) in [6, 6.07) is 9.84. The highest BCUT2D eigenvalue weighted by Gasteiger charge is 2.32. The molecule has 0 amide bonds. The van der Waals surface area contributed by atoms with Crippen molar-refractivity contribution in [3.05, 3.63) is 58.1 Å². The second-order valence-electron chi connectivity index (χ2n) is 4.65. The summed E-state index contributed by atoms with van der Waals surface area (Å²) in [5, 5.41) is -0.572. The van der Waals surface area contributed by atoms with Gasteiger partial charge < -0.3 is 9.47 Å². The highest BCUT2D eigenvalue weighted by molar-refractivity contribution is 6.37. The van der Waals surface area contributed by atoms with Crippen LogP contribution in [0, 0.1) is 0 Å². The zero-order valence-electron chi connectivity index (χ0n) is 12.1. The minimum atomic E-state index is -4.56. The second kappa shape index (κ2) is 7.77. The van der Waals surface area contributed by atoms with Crippen molar-refractivity contribution in [2.45, 2.75) is 12.6 Å². The quantitative estimate of drug-likeness (QED) is 0.517. The van der Waals surface area contributed by atoms with Crippen molar-refractivity contribution in [3.63, 3.8) is 0 Å². The van der Waals surface area contributed by atoms with E-state index in [-0.39, 0.29) is 28.8 Å². The van der Waals surface area contributed by atoms with Crippen molar-refractivity contribution in [2.75, 3.05) is 6.61 Å². The Labute approximate surface area is 145 Å². The third kappa shape index (κ3) is 5.04. The molecule has 0 N–H and O–H groups in total. The van der Waals surface area contributed by atoms with Crippen LogP contribution in [0.5, 0.6) is 11.5 Å². The topological polar surface area (TPSA) is 35.5 Å². The summed E-state index contributed by atoms with van der Waals surface area (Å²) in [6.07, 6.45) is -4.69. The number of hydrogen-bond donors (Lipinski definition) is 0. The van der Waals surface area contributed by atoms with Gasteiger partial charge in [-0.2, -0.15) is 13.2 Å².